The quantitative estimate of drug-likeness (QED) is 0.830. The molecule has 8 nitrogen and oxygen atoms in total. The molecule has 0 unspecified atom stereocenters. The van der Waals surface area contributed by atoms with Crippen molar-refractivity contribution in [1.29, 1.82) is 0 Å². The van der Waals surface area contributed by atoms with Crippen LogP contribution in [-0.2, 0) is 4.79 Å². The van der Waals surface area contributed by atoms with E-state index in [2.05, 4.69) is 20.7 Å². The van der Waals surface area contributed by atoms with Crippen LogP contribution in [0.2, 0.25) is 5.02 Å². The summed E-state index contributed by atoms with van der Waals surface area (Å²) in [5.74, 6) is -0.379. The lowest BCUT2D eigenvalue weighted by Crippen LogP contribution is -2.41. The summed E-state index contributed by atoms with van der Waals surface area (Å²) < 4.78 is 1.50. The Bertz CT molecular complexity index is 820. The summed E-state index contributed by atoms with van der Waals surface area (Å²) in [7, 11) is 1.87. The summed E-state index contributed by atoms with van der Waals surface area (Å²) in [5.41, 5.74) is 1.51. The van der Waals surface area contributed by atoms with Crippen molar-refractivity contribution in [1.82, 2.24) is 30.1 Å². The first-order valence-corrected chi connectivity index (χ1v) is 8.57. The van der Waals surface area contributed by atoms with Crippen LogP contribution in [0.1, 0.15) is 29.4 Å². The highest BCUT2D eigenvalue weighted by Gasteiger charge is 2.35. The van der Waals surface area contributed by atoms with E-state index in [0.29, 0.717) is 25.2 Å². The average molecular weight is 365 g/mol. The van der Waals surface area contributed by atoms with Crippen molar-refractivity contribution in [2.45, 2.75) is 32.4 Å². The first-order chi connectivity index (χ1) is 11.9. The van der Waals surface area contributed by atoms with Crippen molar-refractivity contribution in [3.63, 3.8) is 0 Å². The monoisotopic (exact) mass is 364 g/mol. The minimum Gasteiger partial charge on any atom is -0.355 e. The number of carbonyl (C=O) groups is 2. The van der Waals surface area contributed by atoms with Gasteiger partial charge in [-0.3, -0.25) is 14.5 Å². The second-order valence-electron chi connectivity index (χ2n) is 6.32. The lowest BCUT2D eigenvalue weighted by molar-refractivity contribution is -0.124. The largest absolute Gasteiger partial charge is 0.355 e. The van der Waals surface area contributed by atoms with Gasteiger partial charge in [-0.05, 0) is 32.9 Å². The third kappa shape index (κ3) is 3.45. The van der Waals surface area contributed by atoms with Gasteiger partial charge in [0.1, 0.15) is 5.02 Å². The third-order valence-electron chi connectivity index (χ3n) is 4.30. The van der Waals surface area contributed by atoms with Crippen molar-refractivity contribution in [3.05, 3.63) is 28.7 Å². The van der Waals surface area contributed by atoms with Crippen LogP contribution in [0.5, 0.6) is 0 Å². The second kappa shape index (κ2) is 6.97. The van der Waals surface area contributed by atoms with Gasteiger partial charge < -0.3 is 10.6 Å². The molecule has 2 atom stereocenters. The Balaban J connectivity index is 1.73. The van der Waals surface area contributed by atoms with Crippen LogP contribution in [0.15, 0.2) is 12.4 Å². The number of hydrogen-bond acceptors (Lipinski definition) is 5. The van der Waals surface area contributed by atoms with Gasteiger partial charge in [-0.2, -0.15) is 5.10 Å². The smallest absolute Gasteiger partial charge is 0.273 e. The maximum atomic E-state index is 12.6. The molecule has 0 aliphatic carbocycles. The molecular formula is C16H21ClN6O2. The maximum Gasteiger partial charge on any atom is 0.273 e. The molecule has 0 bridgehead atoms. The van der Waals surface area contributed by atoms with E-state index in [0.717, 1.165) is 5.56 Å². The average Bonchev–Trinajstić information content (AvgIpc) is 3.07. The topological polar surface area (TPSA) is 91.6 Å². The van der Waals surface area contributed by atoms with Crippen LogP contribution in [0, 0.1) is 6.92 Å². The van der Waals surface area contributed by atoms with Crippen LogP contribution in [0.25, 0.3) is 5.65 Å². The summed E-state index contributed by atoms with van der Waals surface area (Å²) in [6.07, 6.45) is 3.99. The Kier molecular flexibility index (Phi) is 4.91. The first-order valence-electron chi connectivity index (χ1n) is 8.20. The Labute approximate surface area is 150 Å². The fourth-order valence-corrected chi connectivity index (χ4v) is 3.36. The molecule has 134 valence electrons. The van der Waals surface area contributed by atoms with Crippen LogP contribution in [-0.4, -0.2) is 63.5 Å². The number of carbonyl (C=O) groups excluding carboxylic acids is 2. The van der Waals surface area contributed by atoms with Crippen molar-refractivity contribution in [2.75, 3.05) is 20.1 Å². The minimum absolute atomic E-state index is 0.0211. The number of nitrogens with zero attached hydrogens (tertiary/aromatic N) is 4. The Hall–Kier alpha value is -2.19. The molecule has 3 rings (SSSR count). The van der Waals surface area contributed by atoms with E-state index in [1.165, 1.54) is 4.52 Å². The number of aromatic nitrogens is 3. The molecule has 9 heteroatoms. The van der Waals surface area contributed by atoms with Crippen molar-refractivity contribution in [3.8, 4) is 0 Å². The van der Waals surface area contributed by atoms with Gasteiger partial charge in [0.15, 0.2) is 11.3 Å². The van der Waals surface area contributed by atoms with Gasteiger partial charge in [0, 0.05) is 31.5 Å². The summed E-state index contributed by atoms with van der Waals surface area (Å²) >= 11 is 6.26. The number of aryl methyl sites for hydroxylation is 1. The van der Waals surface area contributed by atoms with E-state index >= 15 is 0 Å². The van der Waals surface area contributed by atoms with Gasteiger partial charge in [-0.1, -0.05) is 11.6 Å². The third-order valence-corrected chi connectivity index (χ3v) is 4.65. The van der Waals surface area contributed by atoms with Gasteiger partial charge in [-0.25, -0.2) is 9.50 Å². The second-order valence-corrected chi connectivity index (χ2v) is 6.70. The van der Waals surface area contributed by atoms with Gasteiger partial charge in [0.05, 0.1) is 6.04 Å². The molecule has 2 amide bonds. The predicted octanol–water partition coefficient (Wildman–Crippen LogP) is 0.630. The Morgan fingerprint density at radius 2 is 2.20 bits per heavy atom. The molecule has 1 aliphatic heterocycles. The van der Waals surface area contributed by atoms with E-state index in [1.807, 2.05) is 25.8 Å². The summed E-state index contributed by atoms with van der Waals surface area (Å²) in [4.78, 5) is 30.8. The highest BCUT2D eigenvalue weighted by Crippen LogP contribution is 2.22. The number of halogens is 1. The number of likely N-dealkylation sites (N-methyl/N-ethyl adjacent to an activating group) is 2. The van der Waals surface area contributed by atoms with Gasteiger partial charge in [0.2, 0.25) is 5.91 Å². The van der Waals surface area contributed by atoms with E-state index in [9.17, 15) is 9.59 Å². The van der Waals surface area contributed by atoms with Crippen LogP contribution in [0.4, 0.5) is 0 Å². The standard InChI is InChI=1S/C16H21ClN6O2/c1-4-18-15(24)11-5-10(8-22(11)3)20-16(25)13-12(17)14-19-6-9(2)7-23(14)21-13/h6-7,10-11H,4-5,8H2,1-3H3,(H,18,24)(H,20,25)/t10-,11-/m0/s1. The van der Waals surface area contributed by atoms with Crippen LogP contribution >= 0.6 is 11.6 Å². The number of amides is 2. The molecule has 0 aromatic carbocycles. The zero-order valence-electron chi connectivity index (χ0n) is 14.4. The molecule has 25 heavy (non-hydrogen) atoms. The highest BCUT2D eigenvalue weighted by molar-refractivity contribution is 6.36. The first kappa shape index (κ1) is 17.6. The minimum atomic E-state index is -0.358. The number of nitrogens with one attached hydrogen (secondary N) is 2. The Morgan fingerprint density at radius 1 is 1.44 bits per heavy atom. The normalized spacial score (nSPS) is 20.8. The molecule has 2 aromatic heterocycles. The Morgan fingerprint density at radius 3 is 2.92 bits per heavy atom. The molecule has 1 fully saturated rings. The highest BCUT2D eigenvalue weighted by atomic mass is 35.5. The van der Waals surface area contributed by atoms with E-state index in [1.54, 1.807) is 12.4 Å². The zero-order valence-corrected chi connectivity index (χ0v) is 15.2. The molecule has 0 radical (unpaired) electrons. The van der Waals surface area contributed by atoms with Crippen molar-refractivity contribution < 1.29 is 9.59 Å². The van der Waals surface area contributed by atoms with Gasteiger partial charge in [-0.15, -0.1) is 0 Å². The molecule has 0 spiro atoms. The maximum absolute atomic E-state index is 12.6. The summed E-state index contributed by atoms with van der Waals surface area (Å²) in [6, 6.07) is -0.383. The van der Waals surface area contributed by atoms with Gasteiger partial charge >= 0.3 is 0 Å². The van der Waals surface area contributed by atoms with E-state index in [-0.39, 0.29) is 34.6 Å². The van der Waals surface area contributed by atoms with Crippen LogP contribution in [0.3, 0.4) is 0 Å². The van der Waals surface area contributed by atoms with E-state index < -0.39 is 0 Å². The van der Waals surface area contributed by atoms with E-state index in [4.69, 9.17) is 11.6 Å². The molecule has 1 saturated heterocycles. The van der Waals surface area contributed by atoms with Crippen molar-refractivity contribution >= 4 is 29.1 Å². The molecule has 1 aliphatic rings. The number of fused-ring (bicyclic) bond motifs is 1. The fraction of sp³-hybridized carbons (Fsp3) is 0.500. The lowest BCUT2D eigenvalue weighted by atomic mass is 10.1. The predicted molar refractivity (Wildman–Crippen MR) is 93.7 cm³/mol. The summed E-state index contributed by atoms with van der Waals surface area (Å²) in [5, 5.41) is 10.2. The molecule has 0 saturated carbocycles. The molecule has 2 N–H and O–H groups in total. The zero-order chi connectivity index (χ0) is 18.1. The molecule has 3 heterocycles. The fourth-order valence-electron chi connectivity index (χ4n) is 3.10. The van der Waals surface area contributed by atoms with Crippen LogP contribution < -0.4 is 10.6 Å². The summed E-state index contributed by atoms with van der Waals surface area (Å²) in [6.45, 7) is 4.95. The van der Waals surface area contributed by atoms with Gasteiger partial charge in [0.25, 0.3) is 5.91 Å². The number of rotatable bonds is 4. The lowest BCUT2D eigenvalue weighted by Gasteiger charge is -2.17. The molecule has 2 aromatic rings. The van der Waals surface area contributed by atoms with Crippen molar-refractivity contribution in [2.24, 2.45) is 0 Å². The SMILES string of the molecule is CCNC(=O)[C@@H]1C[C@H](NC(=O)c2nn3cc(C)cnc3c2Cl)CN1C. The number of likely N-dealkylation sites (tertiary alicyclic amines) is 1. The number of hydrogen-bond donors (Lipinski definition) is 2. The molecular weight excluding hydrogens is 344 g/mol.